The molecule has 11 heteroatoms. The second-order valence-corrected chi connectivity index (χ2v) is 8.62. The van der Waals surface area contributed by atoms with Gasteiger partial charge in [-0.05, 0) is 59.5 Å². The fourth-order valence-corrected chi connectivity index (χ4v) is 3.61. The second-order valence-electron chi connectivity index (χ2n) is 7.70. The Balaban J connectivity index is 1.65. The van der Waals surface area contributed by atoms with Gasteiger partial charge in [0, 0.05) is 30.4 Å². The van der Waals surface area contributed by atoms with Crippen molar-refractivity contribution in [3.05, 3.63) is 69.8 Å². The molecule has 1 aliphatic carbocycles. The first-order valence-electron chi connectivity index (χ1n) is 9.87. The standard InChI is InChI=1S/C22H16BrF3N6O/c1-12(17-18(29-5-4-28-17)19-30-9-16(23)10-31-19)32-20(33)13-6-14(21(11-27)2-3-21)8-15(7-13)22(24,25)26/h4-10,12H,2-3H2,1H3,(H,32,33). The third-order valence-corrected chi connectivity index (χ3v) is 5.77. The molecule has 0 saturated heterocycles. The first-order chi connectivity index (χ1) is 15.6. The van der Waals surface area contributed by atoms with E-state index in [0.29, 0.717) is 28.7 Å². The Labute approximate surface area is 195 Å². The number of hydrogen-bond donors (Lipinski definition) is 1. The van der Waals surface area contributed by atoms with E-state index in [-0.39, 0.29) is 17.0 Å². The van der Waals surface area contributed by atoms with Crippen molar-refractivity contribution in [2.45, 2.75) is 37.4 Å². The number of carbonyl (C=O) groups excluding carboxylic acids is 1. The number of hydrogen-bond acceptors (Lipinski definition) is 6. The van der Waals surface area contributed by atoms with Gasteiger partial charge in [0.15, 0.2) is 5.82 Å². The van der Waals surface area contributed by atoms with Gasteiger partial charge < -0.3 is 5.32 Å². The number of nitriles is 1. The zero-order valence-electron chi connectivity index (χ0n) is 17.2. The van der Waals surface area contributed by atoms with Gasteiger partial charge in [0.05, 0.1) is 33.3 Å². The average Bonchev–Trinajstić information content (AvgIpc) is 3.60. The minimum atomic E-state index is -4.65. The van der Waals surface area contributed by atoms with Crippen molar-refractivity contribution in [3.8, 4) is 17.6 Å². The molecule has 1 unspecified atom stereocenters. The molecule has 3 aromatic rings. The number of carbonyl (C=O) groups is 1. The first kappa shape index (κ1) is 22.8. The number of nitrogens with one attached hydrogen (secondary N) is 1. The zero-order valence-corrected chi connectivity index (χ0v) is 18.8. The van der Waals surface area contributed by atoms with E-state index in [0.717, 1.165) is 12.1 Å². The molecule has 1 aliphatic rings. The molecule has 4 rings (SSSR count). The van der Waals surface area contributed by atoms with Gasteiger partial charge in [-0.2, -0.15) is 18.4 Å². The highest BCUT2D eigenvalue weighted by atomic mass is 79.9. The molecule has 0 aliphatic heterocycles. The van der Waals surface area contributed by atoms with E-state index in [2.05, 4.69) is 47.3 Å². The number of aromatic nitrogens is 4. The molecule has 0 radical (unpaired) electrons. The van der Waals surface area contributed by atoms with Crippen LogP contribution in [0.4, 0.5) is 13.2 Å². The zero-order chi connectivity index (χ0) is 23.8. The highest BCUT2D eigenvalue weighted by Gasteiger charge is 2.46. The lowest BCUT2D eigenvalue weighted by atomic mass is 9.93. The predicted molar refractivity (Wildman–Crippen MR) is 115 cm³/mol. The van der Waals surface area contributed by atoms with Crippen LogP contribution in [0.5, 0.6) is 0 Å². The van der Waals surface area contributed by atoms with E-state index >= 15 is 0 Å². The van der Waals surface area contributed by atoms with Gasteiger partial charge in [0.25, 0.3) is 5.91 Å². The van der Waals surface area contributed by atoms with Crippen molar-refractivity contribution in [3.63, 3.8) is 0 Å². The van der Waals surface area contributed by atoms with E-state index in [9.17, 15) is 23.2 Å². The maximum absolute atomic E-state index is 13.5. The first-order valence-corrected chi connectivity index (χ1v) is 10.7. The summed E-state index contributed by atoms with van der Waals surface area (Å²) in [7, 11) is 0. The summed E-state index contributed by atoms with van der Waals surface area (Å²) in [6.45, 7) is 1.64. The van der Waals surface area contributed by atoms with Crippen LogP contribution < -0.4 is 5.32 Å². The Hall–Kier alpha value is -3.39. The van der Waals surface area contributed by atoms with E-state index in [1.54, 1.807) is 6.92 Å². The summed E-state index contributed by atoms with van der Waals surface area (Å²) < 4.78 is 41.1. The molecule has 1 amide bonds. The summed E-state index contributed by atoms with van der Waals surface area (Å²) >= 11 is 3.25. The Bertz CT molecular complexity index is 1250. The Morgan fingerprint density at radius 2 is 1.82 bits per heavy atom. The number of amides is 1. The molecular weight excluding hydrogens is 501 g/mol. The molecule has 2 heterocycles. The highest BCUT2D eigenvalue weighted by molar-refractivity contribution is 9.10. The van der Waals surface area contributed by atoms with Crippen LogP contribution >= 0.6 is 15.9 Å². The van der Waals surface area contributed by atoms with E-state index in [1.807, 2.05) is 0 Å². The summed E-state index contributed by atoms with van der Waals surface area (Å²) in [4.78, 5) is 29.9. The molecule has 1 saturated carbocycles. The quantitative estimate of drug-likeness (QED) is 0.524. The maximum atomic E-state index is 13.5. The van der Waals surface area contributed by atoms with Gasteiger partial charge in [-0.25, -0.2) is 15.0 Å². The highest BCUT2D eigenvalue weighted by Crippen LogP contribution is 2.48. The molecule has 1 aromatic carbocycles. The topological polar surface area (TPSA) is 104 Å². The van der Waals surface area contributed by atoms with Crippen LogP contribution in [-0.4, -0.2) is 25.8 Å². The number of rotatable bonds is 5. The van der Waals surface area contributed by atoms with Crippen molar-refractivity contribution < 1.29 is 18.0 Å². The van der Waals surface area contributed by atoms with Crippen LogP contribution in [0.2, 0.25) is 0 Å². The van der Waals surface area contributed by atoms with Crippen molar-refractivity contribution in [1.82, 2.24) is 25.3 Å². The number of benzene rings is 1. The molecule has 33 heavy (non-hydrogen) atoms. The smallest absolute Gasteiger partial charge is 0.344 e. The van der Waals surface area contributed by atoms with E-state index < -0.39 is 29.1 Å². The van der Waals surface area contributed by atoms with Crippen LogP contribution in [0.15, 0.2) is 47.5 Å². The predicted octanol–water partition coefficient (Wildman–Crippen LogP) is 4.76. The summed E-state index contributed by atoms with van der Waals surface area (Å²) in [5, 5.41) is 12.1. The van der Waals surface area contributed by atoms with Gasteiger partial charge in [0.1, 0.15) is 5.69 Å². The minimum absolute atomic E-state index is 0.182. The van der Waals surface area contributed by atoms with Crippen LogP contribution in [-0.2, 0) is 11.6 Å². The van der Waals surface area contributed by atoms with Crippen LogP contribution in [0.1, 0.15) is 53.0 Å². The van der Waals surface area contributed by atoms with Gasteiger partial charge in [0.2, 0.25) is 0 Å². The van der Waals surface area contributed by atoms with Crippen molar-refractivity contribution in [1.29, 1.82) is 5.26 Å². The lowest BCUT2D eigenvalue weighted by Gasteiger charge is -2.18. The van der Waals surface area contributed by atoms with E-state index in [4.69, 9.17) is 0 Å². The maximum Gasteiger partial charge on any atom is 0.416 e. The molecule has 1 N–H and O–H groups in total. The Morgan fingerprint density at radius 3 is 2.42 bits per heavy atom. The van der Waals surface area contributed by atoms with Crippen LogP contribution in [0, 0.1) is 11.3 Å². The molecule has 1 fully saturated rings. The molecule has 7 nitrogen and oxygen atoms in total. The normalized spacial score (nSPS) is 15.4. The van der Waals surface area contributed by atoms with Gasteiger partial charge in [-0.1, -0.05) is 0 Å². The van der Waals surface area contributed by atoms with E-state index in [1.165, 1.54) is 30.9 Å². The lowest BCUT2D eigenvalue weighted by Crippen LogP contribution is -2.28. The van der Waals surface area contributed by atoms with Crippen molar-refractivity contribution >= 4 is 21.8 Å². The summed E-state index contributed by atoms with van der Waals surface area (Å²) in [6.07, 6.45) is 2.23. The lowest BCUT2D eigenvalue weighted by molar-refractivity contribution is -0.137. The molecular formula is C22H16BrF3N6O. The largest absolute Gasteiger partial charge is 0.416 e. The molecule has 0 bridgehead atoms. The van der Waals surface area contributed by atoms with Gasteiger partial charge in [-0.3, -0.25) is 9.78 Å². The molecule has 2 aromatic heterocycles. The molecule has 0 spiro atoms. The molecule has 168 valence electrons. The third-order valence-electron chi connectivity index (χ3n) is 5.36. The van der Waals surface area contributed by atoms with Crippen LogP contribution in [0.3, 0.4) is 0 Å². The fraction of sp³-hybridized carbons (Fsp3) is 0.273. The monoisotopic (exact) mass is 516 g/mol. The van der Waals surface area contributed by atoms with Crippen molar-refractivity contribution in [2.75, 3.05) is 0 Å². The number of halogens is 4. The van der Waals surface area contributed by atoms with Gasteiger partial charge in [-0.15, -0.1) is 0 Å². The average molecular weight is 517 g/mol. The van der Waals surface area contributed by atoms with Crippen LogP contribution in [0.25, 0.3) is 11.5 Å². The summed E-state index contributed by atoms with van der Waals surface area (Å²) in [6, 6.07) is 4.45. The number of nitrogens with zero attached hydrogens (tertiary/aromatic N) is 5. The SMILES string of the molecule is CC(NC(=O)c1cc(C(F)(F)F)cc(C2(C#N)CC2)c1)c1nccnc1-c1ncc(Br)cn1. The third kappa shape index (κ3) is 4.71. The second kappa shape index (κ2) is 8.51. The summed E-state index contributed by atoms with van der Waals surface area (Å²) in [5.41, 5.74) is -1.23. The minimum Gasteiger partial charge on any atom is -0.344 e. The van der Waals surface area contributed by atoms with Gasteiger partial charge >= 0.3 is 6.18 Å². The summed E-state index contributed by atoms with van der Waals surface area (Å²) in [5.74, 6) is -0.439. The van der Waals surface area contributed by atoms with Crippen molar-refractivity contribution in [2.24, 2.45) is 0 Å². The number of alkyl halides is 3. The Kier molecular flexibility index (Phi) is 5.88. The molecule has 1 atom stereocenters. The fourth-order valence-electron chi connectivity index (χ4n) is 3.41. The Morgan fingerprint density at radius 1 is 1.15 bits per heavy atom.